The molecule has 0 aromatic carbocycles. The van der Waals surface area contributed by atoms with Crippen LogP contribution >= 0.6 is 0 Å². The van der Waals surface area contributed by atoms with Crippen molar-refractivity contribution in [3.63, 3.8) is 0 Å². The number of carbonyl (C=O) groups excluding carboxylic acids is 1. The number of carbonyl (C=O) groups is 1. The Balaban J connectivity index is 2.10. The van der Waals surface area contributed by atoms with Gasteiger partial charge in [0.05, 0.1) is 6.61 Å². The maximum absolute atomic E-state index is 12.1. The van der Waals surface area contributed by atoms with E-state index in [9.17, 15) is 9.59 Å². The molecule has 0 saturated heterocycles. The van der Waals surface area contributed by atoms with Crippen molar-refractivity contribution in [1.82, 2.24) is 14.6 Å². The Kier molecular flexibility index (Phi) is 2.43. The van der Waals surface area contributed by atoms with E-state index < -0.39 is 11.5 Å². The van der Waals surface area contributed by atoms with E-state index in [1.165, 1.54) is 10.7 Å². The zero-order valence-electron chi connectivity index (χ0n) is 9.97. The highest BCUT2D eigenvalue weighted by Gasteiger charge is 2.26. The molecular weight excluding hydrogens is 234 g/mol. The molecule has 18 heavy (non-hydrogen) atoms. The molecular formula is C12H13N3O3. The minimum Gasteiger partial charge on any atom is -0.462 e. The second kappa shape index (κ2) is 3.97. The molecule has 1 N–H and O–H groups in total. The highest BCUT2D eigenvalue weighted by atomic mass is 16.5. The van der Waals surface area contributed by atoms with E-state index in [4.69, 9.17) is 4.74 Å². The van der Waals surface area contributed by atoms with E-state index >= 15 is 0 Å². The van der Waals surface area contributed by atoms with Crippen LogP contribution in [0.1, 0.15) is 41.7 Å². The van der Waals surface area contributed by atoms with Crippen LogP contribution in [-0.4, -0.2) is 27.2 Å². The third kappa shape index (κ3) is 1.70. The predicted molar refractivity (Wildman–Crippen MR) is 63.7 cm³/mol. The molecule has 2 heterocycles. The number of rotatable bonds is 3. The average molecular weight is 247 g/mol. The minimum atomic E-state index is -0.632. The molecule has 3 rings (SSSR count). The minimum absolute atomic E-state index is 0.0430. The van der Waals surface area contributed by atoms with Crippen molar-refractivity contribution >= 4 is 11.6 Å². The van der Waals surface area contributed by atoms with Gasteiger partial charge in [-0.2, -0.15) is 0 Å². The summed E-state index contributed by atoms with van der Waals surface area (Å²) in [7, 11) is 0. The number of H-pyrrole nitrogens is 1. The quantitative estimate of drug-likeness (QED) is 0.823. The van der Waals surface area contributed by atoms with Crippen LogP contribution in [0.5, 0.6) is 0 Å². The molecule has 0 aliphatic heterocycles. The summed E-state index contributed by atoms with van der Waals surface area (Å²) in [6.07, 6.45) is 3.54. The smallest absolute Gasteiger partial charge is 0.345 e. The van der Waals surface area contributed by atoms with Crippen LogP contribution in [0.4, 0.5) is 0 Å². The van der Waals surface area contributed by atoms with Gasteiger partial charge in [0.15, 0.2) is 5.65 Å². The van der Waals surface area contributed by atoms with Gasteiger partial charge < -0.3 is 4.74 Å². The summed E-state index contributed by atoms with van der Waals surface area (Å²) in [4.78, 5) is 27.8. The van der Waals surface area contributed by atoms with E-state index in [-0.39, 0.29) is 12.2 Å². The maximum Gasteiger partial charge on any atom is 0.345 e. The van der Waals surface area contributed by atoms with Crippen molar-refractivity contribution in [1.29, 1.82) is 0 Å². The zero-order chi connectivity index (χ0) is 12.7. The number of nitrogens with zero attached hydrogens (tertiary/aromatic N) is 2. The third-order valence-corrected chi connectivity index (χ3v) is 3.03. The normalized spacial score (nSPS) is 14.9. The fourth-order valence-corrected chi connectivity index (χ4v) is 1.93. The Morgan fingerprint density at radius 2 is 2.39 bits per heavy atom. The summed E-state index contributed by atoms with van der Waals surface area (Å²) in [5.74, 6) is -0.135. The second-order valence-electron chi connectivity index (χ2n) is 4.38. The van der Waals surface area contributed by atoms with Crippen molar-refractivity contribution in [3.05, 3.63) is 33.9 Å². The number of aromatic amines is 1. The summed E-state index contributed by atoms with van der Waals surface area (Å²) in [6.45, 7) is 1.93. The predicted octanol–water partition coefficient (Wildman–Crippen LogP) is 1.08. The molecule has 1 aliphatic rings. The van der Waals surface area contributed by atoms with Gasteiger partial charge in [-0.25, -0.2) is 14.3 Å². The van der Waals surface area contributed by atoms with Gasteiger partial charge in [0.1, 0.15) is 5.56 Å². The summed E-state index contributed by atoms with van der Waals surface area (Å²) in [5, 5.41) is 3.00. The van der Waals surface area contributed by atoms with Crippen molar-refractivity contribution in [2.75, 3.05) is 6.61 Å². The molecule has 1 aliphatic carbocycles. The molecule has 1 saturated carbocycles. The summed E-state index contributed by atoms with van der Waals surface area (Å²) in [5.41, 5.74) is 1.08. The van der Waals surface area contributed by atoms with Crippen molar-refractivity contribution in [2.24, 2.45) is 0 Å². The Hall–Kier alpha value is -2.11. The first-order valence-electron chi connectivity index (χ1n) is 5.98. The van der Waals surface area contributed by atoms with Crippen LogP contribution in [-0.2, 0) is 4.74 Å². The van der Waals surface area contributed by atoms with Crippen LogP contribution in [0.25, 0.3) is 5.65 Å². The van der Waals surface area contributed by atoms with Crippen molar-refractivity contribution in [2.45, 2.75) is 25.7 Å². The van der Waals surface area contributed by atoms with Crippen LogP contribution in [0, 0.1) is 0 Å². The fourth-order valence-electron chi connectivity index (χ4n) is 1.93. The number of hydrogen-bond acceptors (Lipinski definition) is 4. The monoisotopic (exact) mass is 247 g/mol. The van der Waals surface area contributed by atoms with E-state index in [0.29, 0.717) is 11.6 Å². The Morgan fingerprint density at radius 3 is 3.06 bits per heavy atom. The number of hydrogen-bond donors (Lipinski definition) is 1. The molecule has 6 heteroatoms. The van der Waals surface area contributed by atoms with E-state index in [1.54, 1.807) is 6.92 Å². The number of aromatic nitrogens is 3. The first kappa shape index (κ1) is 11.0. The molecule has 0 bridgehead atoms. The van der Waals surface area contributed by atoms with Gasteiger partial charge in [0.25, 0.3) is 5.56 Å². The SMILES string of the molecule is CCOC(=O)c1cnc2cc(C3CC3)[nH]n2c1=O. The molecule has 0 amide bonds. The zero-order valence-corrected chi connectivity index (χ0v) is 9.97. The summed E-state index contributed by atoms with van der Waals surface area (Å²) in [6, 6.07) is 1.86. The first-order valence-corrected chi connectivity index (χ1v) is 5.98. The van der Waals surface area contributed by atoms with Gasteiger partial charge in [-0.15, -0.1) is 0 Å². The molecule has 0 atom stereocenters. The molecule has 0 unspecified atom stereocenters. The van der Waals surface area contributed by atoms with Gasteiger partial charge in [-0.05, 0) is 19.8 Å². The molecule has 94 valence electrons. The van der Waals surface area contributed by atoms with Crippen molar-refractivity contribution in [3.8, 4) is 0 Å². The Labute approximate surface area is 103 Å². The fraction of sp³-hybridized carbons (Fsp3) is 0.417. The molecule has 1 fully saturated rings. The van der Waals surface area contributed by atoms with E-state index in [2.05, 4.69) is 10.1 Å². The van der Waals surface area contributed by atoms with Crippen LogP contribution in [0.3, 0.4) is 0 Å². The topological polar surface area (TPSA) is 76.5 Å². The highest BCUT2D eigenvalue weighted by molar-refractivity contribution is 5.88. The standard InChI is InChI=1S/C12H13N3O3/c1-2-18-12(17)8-6-13-10-5-9(7-3-4-7)14-15(10)11(8)16/h5-7,14H,2-4H2,1H3. The molecule has 6 nitrogen and oxygen atoms in total. The third-order valence-electron chi connectivity index (χ3n) is 3.03. The lowest BCUT2D eigenvalue weighted by molar-refractivity contribution is 0.0523. The molecule has 2 aromatic heterocycles. The Bertz CT molecular complexity index is 667. The molecule has 0 spiro atoms. The molecule has 0 radical (unpaired) electrons. The van der Waals surface area contributed by atoms with E-state index in [1.807, 2.05) is 6.07 Å². The van der Waals surface area contributed by atoms with Gasteiger partial charge in [-0.3, -0.25) is 9.89 Å². The largest absolute Gasteiger partial charge is 0.462 e. The van der Waals surface area contributed by atoms with Crippen LogP contribution in [0.15, 0.2) is 17.1 Å². The Morgan fingerprint density at radius 1 is 1.61 bits per heavy atom. The van der Waals surface area contributed by atoms with Gasteiger partial charge in [0.2, 0.25) is 0 Å². The number of fused-ring (bicyclic) bond motifs is 1. The van der Waals surface area contributed by atoms with Crippen molar-refractivity contribution < 1.29 is 9.53 Å². The number of ether oxygens (including phenoxy) is 1. The maximum atomic E-state index is 12.1. The number of esters is 1. The first-order chi connectivity index (χ1) is 8.70. The lowest BCUT2D eigenvalue weighted by atomic mass is 10.3. The summed E-state index contributed by atoms with van der Waals surface area (Å²) >= 11 is 0. The molecule has 2 aromatic rings. The highest BCUT2D eigenvalue weighted by Crippen LogP contribution is 2.39. The van der Waals surface area contributed by atoms with E-state index in [0.717, 1.165) is 18.5 Å². The van der Waals surface area contributed by atoms with Crippen LogP contribution < -0.4 is 5.56 Å². The van der Waals surface area contributed by atoms with Gasteiger partial charge in [-0.1, -0.05) is 0 Å². The van der Waals surface area contributed by atoms with Gasteiger partial charge in [0, 0.05) is 23.9 Å². The lowest BCUT2D eigenvalue weighted by Gasteiger charge is -2.00. The van der Waals surface area contributed by atoms with Gasteiger partial charge >= 0.3 is 5.97 Å². The number of nitrogens with one attached hydrogen (secondary N) is 1. The second-order valence-corrected chi connectivity index (χ2v) is 4.38. The van der Waals surface area contributed by atoms with Crippen LogP contribution in [0.2, 0.25) is 0 Å². The average Bonchev–Trinajstić information content (AvgIpc) is 3.10. The summed E-state index contributed by atoms with van der Waals surface area (Å²) < 4.78 is 6.12. The lowest BCUT2D eigenvalue weighted by Crippen LogP contribution is -2.24.